The Labute approximate surface area is 115 Å². The molecule has 0 saturated carbocycles. The van der Waals surface area contributed by atoms with Crippen LogP contribution >= 0.6 is 11.8 Å². The summed E-state index contributed by atoms with van der Waals surface area (Å²) in [7, 11) is 0. The molecule has 1 aromatic heterocycles. The van der Waals surface area contributed by atoms with E-state index in [1.165, 1.54) is 11.8 Å². The van der Waals surface area contributed by atoms with Crippen LogP contribution < -0.4 is 5.73 Å². The van der Waals surface area contributed by atoms with Gasteiger partial charge in [-0.2, -0.15) is 0 Å². The number of para-hydroxylation sites is 1. The SMILES string of the molecule is CCOC(=O)c1cccc(Sc2ccoc2C)c1N. The second-order valence-corrected chi connectivity index (χ2v) is 4.96. The van der Waals surface area contributed by atoms with Crippen molar-refractivity contribution in [3.05, 3.63) is 41.9 Å². The van der Waals surface area contributed by atoms with Gasteiger partial charge in [0.15, 0.2) is 0 Å². The summed E-state index contributed by atoms with van der Waals surface area (Å²) < 4.78 is 10.2. The fourth-order valence-electron chi connectivity index (χ4n) is 1.62. The fourth-order valence-corrected chi connectivity index (χ4v) is 2.54. The standard InChI is InChI=1S/C14H15NO3S/c1-3-17-14(16)10-5-4-6-12(13(10)15)19-11-7-8-18-9(11)2/h4-8H,3,15H2,1-2H3. The Hall–Kier alpha value is -1.88. The van der Waals surface area contributed by atoms with Crippen LogP contribution in [0.2, 0.25) is 0 Å². The maximum atomic E-state index is 11.8. The number of benzene rings is 1. The molecular formula is C14H15NO3S. The van der Waals surface area contributed by atoms with Gasteiger partial charge in [0, 0.05) is 4.90 Å². The zero-order valence-corrected chi connectivity index (χ0v) is 11.6. The highest BCUT2D eigenvalue weighted by molar-refractivity contribution is 7.99. The summed E-state index contributed by atoms with van der Waals surface area (Å²) in [6, 6.07) is 7.20. The van der Waals surface area contributed by atoms with Gasteiger partial charge in [-0.05, 0) is 32.0 Å². The molecule has 1 heterocycles. The third-order valence-corrected chi connectivity index (χ3v) is 3.81. The first kappa shape index (κ1) is 13.5. The summed E-state index contributed by atoms with van der Waals surface area (Å²) in [6.45, 7) is 3.98. The number of furan rings is 1. The molecule has 0 spiro atoms. The van der Waals surface area contributed by atoms with Crippen LogP contribution in [-0.2, 0) is 4.74 Å². The van der Waals surface area contributed by atoms with E-state index in [0.717, 1.165) is 15.6 Å². The molecule has 5 heteroatoms. The smallest absolute Gasteiger partial charge is 0.340 e. The van der Waals surface area contributed by atoms with Crippen molar-refractivity contribution in [2.75, 3.05) is 12.3 Å². The van der Waals surface area contributed by atoms with Gasteiger partial charge < -0.3 is 14.9 Å². The molecule has 1 aromatic carbocycles. The number of carbonyl (C=O) groups is 1. The Kier molecular flexibility index (Phi) is 4.16. The number of nitrogen functional groups attached to an aromatic ring is 1. The first-order chi connectivity index (χ1) is 9.13. The van der Waals surface area contributed by atoms with Gasteiger partial charge in [0.2, 0.25) is 0 Å². The van der Waals surface area contributed by atoms with Crippen molar-refractivity contribution in [3.63, 3.8) is 0 Å². The van der Waals surface area contributed by atoms with Crippen LogP contribution in [0.15, 0.2) is 44.7 Å². The summed E-state index contributed by atoms with van der Waals surface area (Å²) in [6.07, 6.45) is 1.63. The number of esters is 1. The van der Waals surface area contributed by atoms with Crippen LogP contribution in [0.4, 0.5) is 5.69 Å². The van der Waals surface area contributed by atoms with Gasteiger partial charge in [-0.15, -0.1) is 0 Å². The molecule has 2 N–H and O–H groups in total. The topological polar surface area (TPSA) is 65.5 Å². The fraction of sp³-hybridized carbons (Fsp3) is 0.214. The lowest BCUT2D eigenvalue weighted by Gasteiger charge is -2.09. The number of anilines is 1. The molecule has 0 bridgehead atoms. The second-order valence-electron chi connectivity index (χ2n) is 3.88. The van der Waals surface area contributed by atoms with Gasteiger partial charge in [-0.3, -0.25) is 0 Å². The first-order valence-electron chi connectivity index (χ1n) is 5.91. The van der Waals surface area contributed by atoms with Crippen LogP contribution in [0.5, 0.6) is 0 Å². The Morgan fingerprint density at radius 3 is 2.79 bits per heavy atom. The average Bonchev–Trinajstić information content (AvgIpc) is 2.78. The summed E-state index contributed by atoms with van der Waals surface area (Å²) in [4.78, 5) is 13.6. The van der Waals surface area contributed by atoms with E-state index in [0.29, 0.717) is 17.9 Å². The number of hydrogen-bond donors (Lipinski definition) is 1. The number of nitrogens with two attached hydrogens (primary N) is 1. The van der Waals surface area contributed by atoms with Crippen molar-refractivity contribution in [2.45, 2.75) is 23.6 Å². The highest BCUT2D eigenvalue weighted by Crippen LogP contribution is 2.35. The summed E-state index contributed by atoms with van der Waals surface area (Å²) in [5.41, 5.74) is 6.86. The van der Waals surface area contributed by atoms with Gasteiger partial charge in [0.05, 0.1) is 29.0 Å². The molecule has 0 amide bonds. The van der Waals surface area contributed by atoms with E-state index in [-0.39, 0.29) is 0 Å². The molecule has 0 saturated heterocycles. The lowest BCUT2D eigenvalue weighted by molar-refractivity contribution is 0.0527. The monoisotopic (exact) mass is 277 g/mol. The van der Waals surface area contributed by atoms with Crippen LogP contribution in [0.3, 0.4) is 0 Å². The van der Waals surface area contributed by atoms with Crippen LogP contribution in [0, 0.1) is 6.92 Å². The summed E-state index contributed by atoms with van der Waals surface area (Å²) in [5.74, 6) is 0.428. The van der Waals surface area contributed by atoms with E-state index in [1.807, 2.05) is 19.1 Å². The van der Waals surface area contributed by atoms with Crippen molar-refractivity contribution in [2.24, 2.45) is 0 Å². The quantitative estimate of drug-likeness (QED) is 0.684. The van der Waals surface area contributed by atoms with Crippen molar-refractivity contribution in [1.29, 1.82) is 0 Å². The van der Waals surface area contributed by atoms with E-state index in [9.17, 15) is 4.79 Å². The molecule has 2 aromatic rings. The molecule has 0 fully saturated rings. The molecule has 0 aliphatic heterocycles. The normalized spacial score (nSPS) is 10.4. The van der Waals surface area contributed by atoms with Gasteiger partial charge in [0.1, 0.15) is 5.76 Å². The molecule has 100 valence electrons. The lowest BCUT2D eigenvalue weighted by atomic mass is 10.2. The van der Waals surface area contributed by atoms with Crippen molar-refractivity contribution >= 4 is 23.4 Å². The maximum Gasteiger partial charge on any atom is 0.340 e. The number of rotatable bonds is 4. The van der Waals surface area contributed by atoms with Crippen molar-refractivity contribution in [1.82, 2.24) is 0 Å². The van der Waals surface area contributed by atoms with E-state index in [4.69, 9.17) is 14.9 Å². The summed E-state index contributed by atoms with van der Waals surface area (Å²) >= 11 is 1.47. The molecule has 0 unspecified atom stereocenters. The Balaban J connectivity index is 2.30. The predicted molar refractivity (Wildman–Crippen MR) is 74.4 cm³/mol. The minimum Gasteiger partial charge on any atom is -0.468 e. The Bertz CT molecular complexity index is 592. The number of ether oxygens (including phenoxy) is 1. The van der Waals surface area contributed by atoms with E-state index < -0.39 is 5.97 Å². The van der Waals surface area contributed by atoms with E-state index in [2.05, 4.69) is 0 Å². The van der Waals surface area contributed by atoms with Crippen LogP contribution in [-0.4, -0.2) is 12.6 Å². The molecule has 0 atom stereocenters. The first-order valence-corrected chi connectivity index (χ1v) is 6.72. The third-order valence-electron chi connectivity index (χ3n) is 2.59. The number of hydrogen-bond acceptors (Lipinski definition) is 5. The molecule has 2 rings (SSSR count). The predicted octanol–water partition coefficient (Wildman–Crippen LogP) is 3.50. The molecule has 0 radical (unpaired) electrons. The Morgan fingerprint density at radius 1 is 1.37 bits per heavy atom. The molecule has 0 aliphatic carbocycles. The molecule has 19 heavy (non-hydrogen) atoms. The highest BCUT2D eigenvalue weighted by Gasteiger charge is 2.15. The van der Waals surface area contributed by atoms with Gasteiger partial charge in [0.25, 0.3) is 0 Å². The Morgan fingerprint density at radius 2 is 2.16 bits per heavy atom. The van der Waals surface area contributed by atoms with Crippen molar-refractivity contribution < 1.29 is 13.9 Å². The maximum absolute atomic E-state index is 11.8. The van der Waals surface area contributed by atoms with Crippen LogP contribution in [0.25, 0.3) is 0 Å². The largest absolute Gasteiger partial charge is 0.468 e. The average molecular weight is 277 g/mol. The van der Waals surface area contributed by atoms with Gasteiger partial charge in [-0.1, -0.05) is 17.8 Å². The minimum absolute atomic E-state index is 0.330. The van der Waals surface area contributed by atoms with Crippen LogP contribution in [0.1, 0.15) is 23.0 Å². The zero-order valence-electron chi connectivity index (χ0n) is 10.8. The van der Waals surface area contributed by atoms with E-state index in [1.54, 1.807) is 25.3 Å². The lowest BCUT2D eigenvalue weighted by Crippen LogP contribution is -2.08. The van der Waals surface area contributed by atoms with Gasteiger partial charge >= 0.3 is 5.97 Å². The minimum atomic E-state index is -0.397. The number of carbonyl (C=O) groups excluding carboxylic acids is 1. The molecular weight excluding hydrogens is 262 g/mol. The summed E-state index contributed by atoms with van der Waals surface area (Å²) in [5, 5.41) is 0. The zero-order chi connectivity index (χ0) is 13.8. The molecule has 0 aliphatic rings. The third kappa shape index (κ3) is 2.93. The highest BCUT2D eigenvalue weighted by atomic mass is 32.2. The number of aryl methyl sites for hydroxylation is 1. The molecule has 4 nitrogen and oxygen atoms in total. The second kappa shape index (κ2) is 5.84. The van der Waals surface area contributed by atoms with Crippen molar-refractivity contribution in [3.8, 4) is 0 Å². The van der Waals surface area contributed by atoms with E-state index >= 15 is 0 Å². The van der Waals surface area contributed by atoms with Gasteiger partial charge in [-0.25, -0.2) is 4.79 Å².